The van der Waals surface area contributed by atoms with E-state index in [0.29, 0.717) is 6.54 Å². The Bertz CT molecular complexity index is 443. The lowest BCUT2D eigenvalue weighted by Crippen LogP contribution is -2.38. The predicted octanol–water partition coefficient (Wildman–Crippen LogP) is 1.62. The molecule has 0 bridgehead atoms. The van der Waals surface area contributed by atoms with Gasteiger partial charge >= 0.3 is 5.97 Å². The standard InChI is InChI=1S/C13H22N4O2/c1-13(2,3)17(5)11-8-10(14-9-15-11)16(4)7-6-12(18)19/h8-9H,6-7H2,1-5H3,(H,18,19). The highest BCUT2D eigenvalue weighted by Gasteiger charge is 2.19. The molecule has 19 heavy (non-hydrogen) atoms. The van der Waals surface area contributed by atoms with Crippen LogP contribution in [0.3, 0.4) is 0 Å². The fourth-order valence-electron chi connectivity index (χ4n) is 1.45. The van der Waals surface area contributed by atoms with Gasteiger partial charge in [0.25, 0.3) is 0 Å². The van der Waals surface area contributed by atoms with Gasteiger partial charge in [0.05, 0.1) is 6.42 Å². The summed E-state index contributed by atoms with van der Waals surface area (Å²) in [6.07, 6.45) is 1.59. The molecular formula is C13H22N4O2. The number of carboxylic acids is 1. The Labute approximate surface area is 114 Å². The minimum atomic E-state index is -0.812. The summed E-state index contributed by atoms with van der Waals surface area (Å²) in [6, 6.07) is 1.87. The summed E-state index contributed by atoms with van der Waals surface area (Å²) >= 11 is 0. The number of anilines is 2. The number of aromatic nitrogens is 2. The molecule has 0 unspecified atom stereocenters. The zero-order chi connectivity index (χ0) is 14.6. The fourth-order valence-corrected chi connectivity index (χ4v) is 1.45. The van der Waals surface area contributed by atoms with Crippen molar-refractivity contribution in [3.8, 4) is 0 Å². The molecule has 6 heteroatoms. The van der Waals surface area contributed by atoms with Crippen molar-refractivity contribution in [3.63, 3.8) is 0 Å². The number of carboxylic acid groups (broad SMARTS) is 1. The van der Waals surface area contributed by atoms with Gasteiger partial charge in [0.2, 0.25) is 0 Å². The maximum absolute atomic E-state index is 10.6. The van der Waals surface area contributed by atoms with Crippen molar-refractivity contribution in [2.24, 2.45) is 0 Å². The molecule has 1 rings (SSSR count). The van der Waals surface area contributed by atoms with Crippen LogP contribution in [0.1, 0.15) is 27.2 Å². The van der Waals surface area contributed by atoms with E-state index in [2.05, 4.69) is 35.6 Å². The molecule has 0 amide bonds. The van der Waals surface area contributed by atoms with Crippen molar-refractivity contribution >= 4 is 17.6 Å². The monoisotopic (exact) mass is 266 g/mol. The van der Waals surface area contributed by atoms with Crippen molar-refractivity contribution in [1.82, 2.24) is 9.97 Å². The first-order valence-electron chi connectivity index (χ1n) is 6.20. The number of nitrogens with zero attached hydrogens (tertiary/aromatic N) is 4. The second-order valence-corrected chi connectivity index (χ2v) is 5.53. The highest BCUT2D eigenvalue weighted by molar-refractivity contribution is 5.67. The maximum atomic E-state index is 10.6. The third-order valence-electron chi connectivity index (χ3n) is 3.04. The molecule has 0 saturated heterocycles. The van der Waals surface area contributed by atoms with Gasteiger partial charge in [-0.05, 0) is 20.8 Å². The van der Waals surface area contributed by atoms with Gasteiger partial charge in [0.15, 0.2) is 0 Å². The van der Waals surface area contributed by atoms with Crippen LogP contribution in [-0.2, 0) is 4.79 Å². The highest BCUT2D eigenvalue weighted by Crippen LogP contribution is 2.22. The maximum Gasteiger partial charge on any atom is 0.305 e. The van der Waals surface area contributed by atoms with Crippen molar-refractivity contribution in [1.29, 1.82) is 0 Å². The van der Waals surface area contributed by atoms with Gasteiger partial charge in [0.1, 0.15) is 18.0 Å². The second-order valence-electron chi connectivity index (χ2n) is 5.53. The number of rotatable bonds is 5. The molecule has 0 radical (unpaired) electrons. The van der Waals surface area contributed by atoms with Gasteiger partial charge in [-0.2, -0.15) is 0 Å². The lowest BCUT2D eigenvalue weighted by Gasteiger charge is -2.33. The molecule has 0 fully saturated rings. The third-order valence-corrected chi connectivity index (χ3v) is 3.04. The minimum Gasteiger partial charge on any atom is -0.481 e. The molecular weight excluding hydrogens is 244 g/mol. The molecule has 1 aromatic rings. The van der Waals surface area contributed by atoms with E-state index < -0.39 is 5.97 Å². The molecule has 0 aliphatic rings. The third kappa shape index (κ3) is 4.39. The first-order valence-corrected chi connectivity index (χ1v) is 6.20. The SMILES string of the molecule is CN(CCC(=O)O)c1cc(N(C)C(C)(C)C)ncn1. The van der Waals surface area contributed by atoms with E-state index in [9.17, 15) is 4.79 Å². The predicted molar refractivity (Wildman–Crippen MR) is 75.7 cm³/mol. The molecule has 0 saturated carbocycles. The smallest absolute Gasteiger partial charge is 0.305 e. The molecule has 0 aliphatic heterocycles. The Morgan fingerprint density at radius 1 is 1.26 bits per heavy atom. The molecule has 0 spiro atoms. The lowest BCUT2D eigenvalue weighted by molar-refractivity contribution is -0.136. The Morgan fingerprint density at radius 2 is 1.84 bits per heavy atom. The summed E-state index contributed by atoms with van der Waals surface area (Å²) in [5, 5.41) is 8.69. The summed E-state index contributed by atoms with van der Waals surface area (Å²) in [7, 11) is 3.80. The van der Waals surface area contributed by atoms with Gasteiger partial charge in [-0.25, -0.2) is 9.97 Å². The molecule has 1 heterocycles. The van der Waals surface area contributed by atoms with Crippen LogP contribution in [0.2, 0.25) is 0 Å². The largest absolute Gasteiger partial charge is 0.481 e. The first kappa shape index (κ1) is 15.2. The average molecular weight is 266 g/mol. The average Bonchev–Trinajstić information content (AvgIpc) is 2.34. The molecule has 106 valence electrons. The van der Waals surface area contributed by atoms with Gasteiger partial charge in [0, 0.05) is 32.2 Å². The van der Waals surface area contributed by atoms with Crippen LogP contribution < -0.4 is 9.80 Å². The first-order chi connectivity index (χ1) is 8.71. The van der Waals surface area contributed by atoms with Crippen LogP contribution in [0.4, 0.5) is 11.6 Å². The van der Waals surface area contributed by atoms with Gasteiger partial charge in [-0.1, -0.05) is 0 Å². The summed E-state index contributed by atoms with van der Waals surface area (Å²) in [5.74, 6) is 0.731. The van der Waals surface area contributed by atoms with Crippen molar-refractivity contribution in [2.45, 2.75) is 32.7 Å². The zero-order valence-corrected chi connectivity index (χ0v) is 12.2. The van der Waals surface area contributed by atoms with Crippen LogP contribution in [-0.4, -0.2) is 47.2 Å². The van der Waals surface area contributed by atoms with Gasteiger partial charge < -0.3 is 14.9 Å². The van der Waals surface area contributed by atoms with E-state index in [1.165, 1.54) is 6.33 Å². The van der Waals surface area contributed by atoms with E-state index in [4.69, 9.17) is 5.11 Å². The molecule has 6 nitrogen and oxygen atoms in total. The summed E-state index contributed by atoms with van der Waals surface area (Å²) in [5.41, 5.74) is -0.0364. The van der Waals surface area contributed by atoms with Crippen LogP contribution in [0.15, 0.2) is 12.4 Å². The normalized spacial score (nSPS) is 11.2. The van der Waals surface area contributed by atoms with Crippen molar-refractivity contribution < 1.29 is 9.90 Å². The fraction of sp³-hybridized carbons (Fsp3) is 0.615. The van der Waals surface area contributed by atoms with Crippen molar-refractivity contribution in [3.05, 3.63) is 12.4 Å². The lowest BCUT2D eigenvalue weighted by atomic mass is 10.1. The van der Waals surface area contributed by atoms with E-state index in [1.54, 1.807) is 0 Å². The number of carbonyl (C=O) groups is 1. The number of aliphatic carboxylic acids is 1. The van der Waals surface area contributed by atoms with Crippen LogP contribution in [0.5, 0.6) is 0 Å². The molecule has 1 N–H and O–H groups in total. The quantitative estimate of drug-likeness (QED) is 0.873. The molecule has 0 aliphatic carbocycles. The van der Waals surface area contributed by atoms with Crippen LogP contribution >= 0.6 is 0 Å². The summed E-state index contributed by atoms with van der Waals surface area (Å²) < 4.78 is 0. The van der Waals surface area contributed by atoms with Gasteiger partial charge in [-0.3, -0.25) is 4.79 Å². The van der Waals surface area contributed by atoms with E-state index in [0.717, 1.165) is 11.6 Å². The number of hydrogen-bond donors (Lipinski definition) is 1. The zero-order valence-electron chi connectivity index (χ0n) is 12.2. The minimum absolute atomic E-state index is 0.0364. The molecule has 0 aromatic carbocycles. The Hall–Kier alpha value is -1.85. The van der Waals surface area contributed by atoms with E-state index in [1.807, 2.05) is 25.1 Å². The Kier molecular flexibility index (Phi) is 4.69. The van der Waals surface area contributed by atoms with E-state index >= 15 is 0 Å². The van der Waals surface area contributed by atoms with Crippen LogP contribution in [0, 0.1) is 0 Å². The van der Waals surface area contributed by atoms with Crippen molar-refractivity contribution in [2.75, 3.05) is 30.4 Å². The Balaban J connectivity index is 2.85. The molecule has 0 atom stereocenters. The van der Waals surface area contributed by atoms with Gasteiger partial charge in [-0.15, -0.1) is 0 Å². The van der Waals surface area contributed by atoms with Crippen LogP contribution in [0.25, 0.3) is 0 Å². The number of hydrogen-bond acceptors (Lipinski definition) is 5. The summed E-state index contributed by atoms with van der Waals surface area (Å²) in [6.45, 7) is 6.72. The second kappa shape index (κ2) is 5.86. The summed E-state index contributed by atoms with van der Waals surface area (Å²) in [4.78, 5) is 22.9. The molecule has 1 aromatic heterocycles. The van der Waals surface area contributed by atoms with E-state index in [-0.39, 0.29) is 12.0 Å². The topological polar surface area (TPSA) is 69.6 Å². The highest BCUT2D eigenvalue weighted by atomic mass is 16.4. The Morgan fingerprint density at radius 3 is 2.37 bits per heavy atom.